The molecule has 2 unspecified atom stereocenters. The highest BCUT2D eigenvalue weighted by atomic mass is 35.5. The van der Waals surface area contributed by atoms with Crippen LogP contribution < -0.4 is 0 Å². The van der Waals surface area contributed by atoms with E-state index in [0.29, 0.717) is 12.0 Å². The Kier molecular flexibility index (Phi) is 7.76. The van der Waals surface area contributed by atoms with E-state index in [4.69, 9.17) is 11.6 Å². The fourth-order valence-electron chi connectivity index (χ4n) is 4.72. The van der Waals surface area contributed by atoms with Crippen LogP contribution in [0.15, 0.2) is 54.6 Å². The maximum absolute atomic E-state index is 10.3. The Hall–Kier alpha value is -1.82. The number of benzene rings is 2. The summed E-state index contributed by atoms with van der Waals surface area (Å²) in [5.41, 5.74) is 1.99. The average Bonchev–Trinajstić information content (AvgIpc) is 3.60. The quantitative estimate of drug-likeness (QED) is 0.417. The Balaban J connectivity index is 1.71. The minimum absolute atomic E-state index is 0.440. The average molecular weight is 409 g/mol. The van der Waals surface area contributed by atoms with Gasteiger partial charge in [0.05, 0.1) is 11.5 Å². The highest BCUT2D eigenvalue weighted by molar-refractivity contribution is 6.31. The van der Waals surface area contributed by atoms with E-state index in [9.17, 15) is 5.26 Å². The van der Waals surface area contributed by atoms with Crippen molar-refractivity contribution in [1.29, 1.82) is 5.26 Å². The number of rotatable bonds is 11. The smallest absolute Gasteiger partial charge is 0.0865 e. The second-order valence-electron chi connectivity index (χ2n) is 8.30. The van der Waals surface area contributed by atoms with Crippen molar-refractivity contribution in [2.75, 3.05) is 13.1 Å². The van der Waals surface area contributed by atoms with E-state index >= 15 is 0 Å². The van der Waals surface area contributed by atoms with Gasteiger partial charge in [-0.05, 0) is 68.2 Å². The summed E-state index contributed by atoms with van der Waals surface area (Å²) in [6.07, 6.45) is 6.38. The van der Waals surface area contributed by atoms with Gasteiger partial charge in [0.1, 0.15) is 0 Å². The van der Waals surface area contributed by atoms with E-state index in [1.165, 1.54) is 5.56 Å². The van der Waals surface area contributed by atoms with Crippen molar-refractivity contribution in [3.8, 4) is 6.07 Å². The molecule has 0 heterocycles. The molecule has 0 radical (unpaired) electrons. The third-order valence-electron chi connectivity index (χ3n) is 6.62. The van der Waals surface area contributed by atoms with Gasteiger partial charge in [0.15, 0.2) is 0 Å². The van der Waals surface area contributed by atoms with Gasteiger partial charge in [-0.15, -0.1) is 0 Å². The predicted octanol–water partition coefficient (Wildman–Crippen LogP) is 6.63. The number of nitrogens with zero attached hydrogens (tertiary/aromatic N) is 2. The first-order chi connectivity index (χ1) is 14.1. The molecule has 1 fully saturated rings. The highest BCUT2D eigenvalue weighted by Gasteiger charge is 2.47. The lowest BCUT2D eigenvalue weighted by Crippen LogP contribution is -2.38. The summed E-state index contributed by atoms with van der Waals surface area (Å²) in [5, 5.41) is 11.0. The first-order valence-corrected chi connectivity index (χ1v) is 11.5. The van der Waals surface area contributed by atoms with Crippen molar-refractivity contribution in [3.05, 3.63) is 70.7 Å². The lowest BCUT2D eigenvalue weighted by Gasteiger charge is -2.34. The van der Waals surface area contributed by atoms with E-state index in [1.54, 1.807) is 0 Å². The van der Waals surface area contributed by atoms with E-state index in [1.807, 2.05) is 18.2 Å². The molecule has 2 atom stereocenters. The van der Waals surface area contributed by atoms with Gasteiger partial charge in [-0.25, -0.2) is 0 Å². The van der Waals surface area contributed by atoms with Crippen LogP contribution in [0.2, 0.25) is 5.02 Å². The van der Waals surface area contributed by atoms with Crippen LogP contribution in [0, 0.1) is 17.2 Å². The van der Waals surface area contributed by atoms with Gasteiger partial charge in [0, 0.05) is 17.6 Å². The molecule has 0 saturated heterocycles. The largest absolute Gasteiger partial charge is 0.300 e. The molecule has 0 spiro atoms. The minimum atomic E-state index is -0.440. The molecule has 0 bridgehead atoms. The van der Waals surface area contributed by atoms with E-state index in [-0.39, 0.29) is 0 Å². The molecular weight excluding hydrogens is 376 g/mol. The number of hydrogen-bond donors (Lipinski definition) is 0. The van der Waals surface area contributed by atoms with Gasteiger partial charge in [0.2, 0.25) is 0 Å². The third-order valence-corrected chi connectivity index (χ3v) is 6.95. The van der Waals surface area contributed by atoms with E-state index in [2.05, 4.69) is 61.2 Å². The molecule has 2 aromatic rings. The normalized spacial score (nSPS) is 16.9. The molecule has 2 aromatic carbocycles. The second-order valence-corrected chi connectivity index (χ2v) is 8.71. The van der Waals surface area contributed by atoms with Crippen molar-refractivity contribution < 1.29 is 0 Å². The van der Waals surface area contributed by atoms with Gasteiger partial charge >= 0.3 is 0 Å². The monoisotopic (exact) mass is 408 g/mol. The zero-order chi connectivity index (χ0) is 20.7. The van der Waals surface area contributed by atoms with Crippen molar-refractivity contribution in [2.24, 2.45) is 5.92 Å². The molecule has 3 rings (SSSR count). The van der Waals surface area contributed by atoms with Gasteiger partial charge in [-0.2, -0.15) is 5.26 Å². The number of nitriles is 1. The van der Waals surface area contributed by atoms with Gasteiger partial charge in [-0.1, -0.05) is 74.0 Å². The van der Waals surface area contributed by atoms with Crippen LogP contribution in [0.3, 0.4) is 0 Å². The first kappa shape index (κ1) is 21.9. The number of hydrogen-bond acceptors (Lipinski definition) is 2. The SMILES string of the molecule is CCC(CCC(C#N)(c1ccccc1Cl)C1CC1)N(CC)CCc1ccccc1. The summed E-state index contributed by atoms with van der Waals surface area (Å²) in [5.74, 6) is 0.448. The van der Waals surface area contributed by atoms with Crippen LogP contribution in [-0.2, 0) is 11.8 Å². The van der Waals surface area contributed by atoms with Crippen molar-refractivity contribution in [2.45, 2.75) is 63.8 Å². The second kappa shape index (κ2) is 10.3. The molecule has 154 valence electrons. The summed E-state index contributed by atoms with van der Waals surface area (Å²) in [7, 11) is 0. The molecule has 1 aliphatic carbocycles. The van der Waals surface area contributed by atoms with Crippen molar-refractivity contribution in [3.63, 3.8) is 0 Å². The van der Waals surface area contributed by atoms with E-state index in [0.717, 1.165) is 62.2 Å². The zero-order valence-corrected chi connectivity index (χ0v) is 18.5. The fraction of sp³-hybridized carbons (Fsp3) is 0.500. The lowest BCUT2D eigenvalue weighted by molar-refractivity contribution is 0.181. The molecule has 3 heteroatoms. The molecule has 0 aliphatic heterocycles. The summed E-state index contributed by atoms with van der Waals surface area (Å²) in [4.78, 5) is 2.59. The number of halogens is 1. The molecule has 1 saturated carbocycles. The fourth-order valence-corrected chi connectivity index (χ4v) is 5.03. The van der Waals surface area contributed by atoms with Crippen LogP contribution >= 0.6 is 11.6 Å². The van der Waals surface area contributed by atoms with Crippen LogP contribution in [0.25, 0.3) is 0 Å². The maximum atomic E-state index is 10.3. The van der Waals surface area contributed by atoms with Crippen LogP contribution in [0.5, 0.6) is 0 Å². The van der Waals surface area contributed by atoms with E-state index < -0.39 is 5.41 Å². The first-order valence-electron chi connectivity index (χ1n) is 11.1. The topological polar surface area (TPSA) is 27.0 Å². The molecule has 0 amide bonds. The number of likely N-dealkylation sites (N-methyl/N-ethyl adjacent to an activating group) is 1. The van der Waals surface area contributed by atoms with Crippen LogP contribution in [0.4, 0.5) is 0 Å². The summed E-state index contributed by atoms with van der Waals surface area (Å²) in [6.45, 7) is 6.63. The summed E-state index contributed by atoms with van der Waals surface area (Å²) >= 11 is 6.55. The Morgan fingerprint density at radius 2 is 1.79 bits per heavy atom. The van der Waals surface area contributed by atoms with Crippen molar-refractivity contribution in [1.82, 2.24) is 4.90 Å². The Morgan fingerprint density at radius 3 is 2.38 bits per heavy atom. The zero-order valence-electron chi connectivity index (χ0n) is 17.8. The summed E-state index contributed by atoms with van der Waals surface area (Å²) in [6, 6.07) is 21.9. The Bertz CT molecular complexity index is 809. The molecule has 0 aromatic heterocycles. The lowest BCUT2D eigenvalue weighted by atomic mass is 9.73. The maximum Gasteiger partial charge on any atom is 0.0865 e. The van der Waals surface area contributed by atoms with Gasteiger partial charge in [-0.3, -0.25) is 0 Å². The van der Waals surface area contributed by atoms with Crippen LogP contribution in [0.1, 0.15) is 57.1 Å². The van der Waals surface area contributed by atoms with Crippen molar-refractivity contribution >= 4 is 11.6 Å². The van der Waals surface area contributed by atoms with Gasteiger partial charge < -0.3 is 4.90 Å². The minimum Gasteiger partial charge on any atom is -0.300 e. The molecule has 1 aliphatic rings. The standard InChI is InChI=1S/C26H33ClN2/c1-3-23(29(4-2)19-17-21-10-6-5-7-11-21)16-18-26(20-28,22-14-15-22)24-12-8-9-13-25(24)27/h5-13,22-23H,3-4,14-19H2,1-2H3. The molecule has 29 heavy (non-hydrogen) atoms. The summed E-state index contributed by atoms with van der Waals surface area (Å²) < 4.78 is 0. The molecular formula is C26H33ClN2. The Labute approximate surface area is 181 Å². The Morgan fingerprint density at radius 1 is 1.10 bits per heavy atom. The predicted molar refractivity (Wildman–Crippen MR) is 122 cm³/mol. The van der Waals surface area contributed by atoms with Gasteiger partial charge in [0.25, 0.3) is 0 Å². The highest BCUT2D eigenvalue weighted by Crippen LogP contribution is 2.51. The molecule has 2 nitrogen and oxygen atoms in total. The third kappa shape index (κ3) is 5.21. The molecule has 0 N–H and O–H groups in total. The van der Waals surface area contributed by atoms with Crippen LogP contribution in [-0.4, -0.2) is 24.0 Å².